The average Bonchev–Trinajstić information content (AvgIpc) is 0.822. The van der Waals surface area contributed by atoms with E-state index in [1.54, 1.807) is 92.9 Å². The summed E-state index contributed by atoms with van der Waals surface area (Å²) in [6, 6.07) is 18.8. The van der Waals surface area contributed by atoms with Crippen molar-refractivity contribution < 1.29 is 113 Å². The third-order valence-corrected chi connectivity index (χ3v) is 22.1. The Hall–Kier alpha value is -10.8. The van der Waals surface area contributed by atoms with Gasteiger partial charge in [0.2, 0.25) is 23.6 Å². The van der Waals surface area contributed by atoms with Crippen LogP contribution in [0.25, 0.3) is 37.6 Å². The fraction of sp³-hybridized carbons (Fsp3) is 0.481. The van der Waals surface area contributed by atoms with Gasteiger partial charge in [-0.25, -0.2) is 6.57 Å². The number of ether oxygens (including phenoxy) is 5. The minimum absolute atomic E-state index is 0.0774. The van der Waals surface area contributed by atoms with Crippen LogP contribution in [0.3, 0.4) is 0 Å². The zero-order valence-corrected chi connectivity index (χ0v) is 68.3. The number of ketones is 1. The Labute approximate surface area is 692 Å². The molecule has 9 rings (SSSR count). The topological polar surface area (TPSA) is 516 Å². The van der Waals surface area contributed by atoms with E-state index in [2.05, 4.69) is 40.9 Å². The van der Waals surface area contributed by atoms with E-state index in [1.165, 1.54) is 11.1 Å². The van der Waals surface area contributed by atoms with Crippen LogP contribution >= 0.6 is 0 Å². The summed E-state index contributed by atoms with van der Waals surface area (Å²) in [6.07, 6.45) is 2.55. The first-order valence-electron chi connectivity index (χ1n) is 38.9. The number of nitrogens with one attached hydrogen (secondary N) is 3. The van der Waals surface area contributed by atoms with E-state index in [0.717, 1.165) is 30.7 Å². The second kappa shape index (κ2) is 45.0. The smallest absolute Gasteiger partial charge is 0.317 e. The number of fused-ring (bicyclic) bond motifs is 2. The summed E-state index contributed by atoms with van der Waals surface area (Å²) in [5.74, 6) is -6.03. The summed E-state index contributed by atoms with van der Waals surface area (Å²) in [7, 11) is -10.2. The van der Waals surface area contributed by atoms with Gasteiger partial charge in [0.05, 0.1) is 119 Å². The van der Waals surface area contributed by atoms with Crippen LogP contribution in [0.1, 0.15) is 60.0 Å². The molecule has 11 N–H and O–H groups in total. The summed E-state index contributed by atoms with van der Waals surface area (Å²) < 4.78 is 97.0. The van der Waals surface area contributed by atoms with Crippen LogP contribution in [0.5, 0.6) is 11.5 Å². The van der Waals surface area contributed by atoms with Gasteiger partial charge in [0.15, 0.2) is 11.5 Å². The number of aromatic nitrogens is 1. The third kappa shape index (κ3) is 28.1. The quantitative estimate of drug-likeness (QED) is 0.00858. The molecule has 0 spiro atoms. The Morgan fingerprint density at radius 1 is 0.600 bits per heavy atom. The maximum Gasteiger partial charge on any atom is 0.317 e. The van der Waals surface area contributed by atoms with E-state index < -0.39 is 100 Å². The number of amides is 5. The zero-order valence-electron chi connectivity index (χ0n) is 66.6. The fourth-order valence-corrected chi connectivity index (χ4v) is 15.4. The molecule has 0 aliphatic carbocycles. The van der Waals surface area contributed by atoms with Crippen LogP contribution in [0.2, 0.25) is 0 Å². The van der Waals surface area contributed by atoms with Crippen molar-refractivity contribution in [2.24, 2.45) is 10.2 Å². The lowest BCUT2D eigenvalue weighted by atomic mass is 10.00. The molecule has 3 fully saturated rings. The van der Waals surface area contributed by atoms with E-state index in [1.807, 2.05) is 6.07 Å². The first kappa shape index (κ1) is 93.0. The Bertz CT molecular complexity index is 4960. The number of pyridine rings is 1. The van der Waals surface area contributed by atoms with Gasteiger partial charge in [-0.1, -0.05) is 18.2 Å². The van der Waals surface area contributed by atoms with Crippen molar-refractivity contribution in [2.45, 2.75) is 74.4 Å². The standard InChI is InChI=1S/C79H101N15O24S2/c1-52-42-54(55-8-12-61(53(2)43-55)86-87-64-14-10-58-66(119(108,109)110)45-67(120(111,112)113)77(80)76(58)78(64)106)7-11-60(52)84-69(96)16-15-63(85-70(97)47-89-22-24-90(48-73(100)101)26-28-92(50-75(104)105)29-27-91(25-23-89)49-74(102)103)65(95)18-35-114-36-37-115-38-39-116-40-41-117-51-72(99)93-32-30-88(31-33-93)20-5-34-118-56-9-13-62-59(44-56)57(17-19-82-62)79(107)83-46-71(98)94-21-4-6-68(94)81-3/h7-14,17,19,42-45,63,68,106H,4-6,15-16,18,20-41,46-51,80H2,1-2H3,(H,83,107)(H,84,96)(H,85,97)(H,100,101)(H,102,103)(H,104,105)(H,108,109,110)(H,111,112,113)/t63?,68-/m0/s1. The van der Waals surface area contributed by atoms with Gasteiger partial charge < -0.3 is 70.7 Å². The van der Waals surface area contributed by atoms with Gasteiger partial charge in [-0.05, 0) is 116 Å². The Morgan fingerprint density at radius 3 is 1.74 bits per heavy atom. The number of phenolic OH excluding ortho intramolecular Hbond substituents is 1. The molecule has 3 saturated heterocycles. The number of carboxylic acid groups (broad SMARTS) is 3. The summed E-state index contributed by atoms with van der Waals surface area (Å²) in [4.78, 5) is 135. The van der Waals surface area contributed by atoms with Gasteiger partial charge in [-0.3, -0.25) is 91.5 Å². The van der Waals surface area contributed by atoms with E-state index in [4.69, 9.17) is 36.0 Å². The number of phenols is 1. The first-order valence-corrected chi connectivity index (χ1v) is 41.8. The first-order chi connectivity index (χ1) is 57.3. The number of nitrogens with zero attached hydrogens (tertiary/aromatic N) is 11. The van der Waals surface area contributed by atoms with Crippen LogP contribution in [0.15, 0.2) is 105 Å². The lowest BCUT2D eigenvalue weighted by Gasteiger charge is -2.34. The van der Waals surface area contributed by atoms with Crippen molar-refractivity contribution in [2.75, 3.05) is 195 Å². The number of piperazine rings is 1. The van der Waals surface area contributed by atoms with E-state index in [0.29, 0.717) is 109 Å². The molecular formula is C79H101N15O24S2. The molecule has 0 saturated carbocycles. The molecule has 120 heavy (non-hydrogen) atoms. The van der Waals surface area contributed by atoms with E-state index in [-0.39, 0.29) is 180 Å². The molecule has 39 nitrogen and oxygen atoms in total. The molecule has 3 aliphatic heterocycles. The Balaban J connectivity index is 0.710. The van der Waals surface area contributed by atoms with Gasteiger partial charge in [0, 0.05) is 134 Å². The molecule has 6 aromatic rings. The maximum absolute atomic E-state index is 14.1. The number of carboxylic acids is 3. The highest BCUT2D eigenvalue weighted by molar-refractivity contribution is 7.87. The van der Waals surface area contributed by atoms with Crippen molar-refractivity contribution >= 4 is 118 Å². The number of carbonyl (C=O) groups is 9. The maximum atomic E-state index is 14.1. The van der Waals surface area contributed by atoms with Gasteiger partial charge in [0.1, 0.15) is 27.8 Å². The van der Waals surface area contributed by atoms with Crippen LogP contribution in [0, 0.1) is 20.4 Å². The molecule has 4 heterocycles. The minimum atomic E-state index is -5.14. The number of anilines is 2. The highest BCUT2D eigenvalue weighted by Gasteiger charge is 2.34. The largest absolute Gasteiger partial charge is 0.505 e. The molecule has 0 bridgehead atoms. The molecule has 41 heteroatoms. The number of carbonyl (C=O) groups excluding carboxylic acids is 6. The number of nitrogen functional groups attached to an aromatic ring is 1. The number of hydrogen-bond donors (Lipinski definition) is 10. The lowest BCUT2D eigenvalue weighted by Crippen LogP contribution is -2.51. The summed E-state index contributed by atoms with van der Waals surface area (Å²) >= 11 is 0. The van der Waals surface area contributed by atoms with Crippen LogP contribution in [0.4, 0.5) is 22.7 Å². The second-order valence-corrected chi connectivity index (χ2v) is 31.7. The molecule has 2 atom stereocenters. The third-order valence-electron chi connectivity index (χ3n) is 20.3. The minimum Gasteiger partial charge on any atom is -0.505 e. The van der Waals surface area contributed by atoms with Crippen molar-refractivity contribution in [1.29, 1.82) is 0 Å². The van der Waals surface area contributed by atoms with Gasteiger partial charge >= 0.3 is 24.1 Å². The van der Waals surface area contributed by atoms with Crippen LogP contribution in [-0.2, 0) is 77.5 Å². The number of benzene rings is 5. The molecular weight excluding hydrogens is 1610 g/mol. The summed E-state index contributed by atoms with van der Waals surface area (Å²) in [5, 5.41) is 56.6. The van der Waals surface area contributed by atoms with E-state index >= 15 is 0 Å². The lowest BCUT2D eigenvalue weighted by molar-refractivity contribution is -0.140. The van der Waals surface area contributed by atoms with Crippen LogP contribution in [-0.4, -0.2) is 335 Å². The van der Waals surface area contributed by atoms with Gasteiger partial charge in [0.25, 0.3) is 26.1 Å². The van der Waals surface area contributed by atoms with Crippen molar-refractivity contribution in [1.82, 2.24) is 49.9 Å². The molecule has 5 aromatic carbocycles. The number of Topliss-reactive ketones (excluding diaryl/α,β-unsaturated/α-hetero) is 1. The predicted octanol–water partition coefficient (Wildman–Crippen LogP) is 3.78. The normalized spacial score (nSPS) is 16.2. The van der Waals surface area contributed by atoms with Crippen molar-refractivity contribution in [3.63, 3.8) is 0 Å². The number of rotatable bonds is 41. The molecule has 1 unspecified atom stereocenters. The number of likely N-dealkylation sites (tertiary alicyclic amines) is 1. The Kier molecular flexibility index (Phi) is 34.9. The summed E-state index contributed by atoms with van der Waals surface area (Å²) in [6.45, 7) is 15.2. The van der Waals surface area contributed by atoms with Gasteiger partial charge in [-0.2, -0.15) is 21.9 Å². The number of aliphatic carboxylic acids is 3. The highest BCUT2D eigenvalue weighted by Crippen LogP contribution is 2.44. The number of nitrogens with two attached hydrogens (primary N) is 1. The highest BCUT2D eigenvalue weighted by atomic mass is 32.2. The van der Waals surface area contributed by atoms with Crippen LogP contribution < -0.4 is 26.4 Å². The van der Waals surface area contributed by atoms with E-state index in [9.17, 15) is 89.5 Å². The molecule has 3 aliphatic rings. The number of aromatic hydroxyl groups is 1. The van der Waals surface area contributed by atoms with Crippen molar-refractivity contribution in [3.8, 4) is 22.6 Å². The monoisotopic (exact) mass is 1710 g/mol. The van der Waals surface area contributed by atoms with Gasteiger partial charge in [-0.15, -0.1) is 5.11 Å². The average molecular weight is 1710 g/mol. The van der Waals surface area contributed by atoms with Crippen molar-refractivity contribution in [3.05, 3.63) is 113 Å². The molecule has 0 radical (unpaired) electrons. The molecule has 1 aromatic heterocycles. The SMILES string of the molecule is [C-]#[N+][C@@H]1CCCN1C(=O)CNC(=O)c1ccnc2ccc(OCCCN3CCN(C(=O)COCCOCCOCCOCCC(=O)C(CCC(=O)Nc4ccc(-c5ccc(N=Nc6ccc7c(S(=O)(=O)O)cc(S(=O)(=O)O)c(N)c7c6O)c(C)c5)cc4C)NC(=O)CN4CCN(CC(=O)O)CCN(CC(=O)O)CCN(CC(=O)O)CC4)CC3)cc12. The fourth-order valence-electron chi connectivity index (χ4n) is 13.9. The number of azo groups is 1. The number of hydrogen-bond acceptors (Lipinski definition) is 28. The molecule has 648 valence electrons. The Morgan fingerprint density at radius 2 is 1.16 bits per heavy atom. The zero-order chi connectivity index (χ0) is 86.6. The molecule has 5 amide bonds. The predicted molar refractivity (Wildman–Crippen MR) is 435 cm³/mol. The number of aryl methyl sites for hydroxylation is 2. The second-order valence-electron chi connectivity index (χ2n) is 28.9. The summed E-state index contributed by atoms with van der Waals surface area (Å²) in [5.41, 5.74) is 9.37.